The first-order valence-corrected chi connectivity index (χ1v) is 6.48. The van der Waals surface area contributed by atoms with E-state index in [9.17, 15) is 4.79 Å². The van der Waals surface area contributed by atoms with Gasteiger partial charge in [0.1, 0.15) is 0 Å². The fraction of sp³-hybridized carbons (Fsp3) is 0.769. The zero-order valence-corrected chi connectivity index (χ0v) is 10.9. The molecular weight excluding hydrogens is 216 g/mol. The lowest BCUT2D eigenvalue weighted by Crippen LogP contribution is -2.48. The van der Waals surface area contributed by atoms with Crippen LogP contribution in [0.15, 0.2) is 12.2 Å². The van der Waals surface area contributed by atoms with Gasteiger partial charge in [-0.25, -0.2) is 4.79 Å². The Morgan fingerprint density at radius 1 is 1.53 bits per heavy atom. The Hall–Kier alpha value is -0.870. The van der Waals surface area contributed by atoms with Crippen LogP contribution in [0.2, 0.25) is 0 Å². The fourth-order valence-corrected chi connectivity index (χ4v) is 2.38. The standard InChI is InChI=1S/C13H24N2O2/c1-3-17-13(16)8-5-9-15-11(2)6-4-7-12(15)10-14/h5,8,11-12H,3-4,6-7,9-10,14H2,1-2H3/b8-5+. The van der Waals surface area contributed by atoms with Crippen molar-refractivity contribution in [2.45, 2.75) is 45.2 Å². The van der Waals surface area contributed by atoms with E-state index in [4.69, 9.17) is 10.5 Å². The minimum absolute atomic E-state index is 0.263. The average Bonchev–Trinajstić information content (AvgIpc) is 2.31. The maximum Gasteiger partial charge on any atom is 0.330 e. The predicted molar refractivity (Wildman–Crippen MR) is 68.6 cm³/mol. The molecule has 0 radical (unpaired) electrons. The molecule has 2 atom stereocenters. The number of carbonyl (C=O) groups excluding carboxylic acids is 1. The first-order chi connectivity index (χ1) is 8.19. The molecule has 0 spiro atoms. The van der Waals surface area contributed by atoms with Gasteiger partial charge >= 0.3 is 5.97 Å². The Morgan fingerprint density at radius 2 is 2.29 bits per heavy atom. The number of piperidine rings is 1. The normalized spacial score (nSPS) is 26.3. The van der Waals surface area contributed by atoms with Gasteiger partial charge in [0, 0.05) is 31.2 Å². The number of carbonyl (C=O) groups is 1. The van der Waals surface area contributed by atoms with Crippen molar-refractivity contribution in [2.75, 3.05) is 19.7 Å². The lowest BCUT2D eigenvalue weighted by molar-refractivity contribution is -0.137. The topological polar surface area (TPSA) is 55.6 Å². The Kier molecular flexibility index (Phi) is 6.22. The molecule has 1 heterocycles. The summed E-state index contributed by atoms with van der Waals surface area (Å²) in [6, 6.07) is 0.995. The van der Waals surface area contributed by atoms with Crippen molar-refractivity contribution >= 4 is 5.97 Å². The summed E-state index contributed by atoms with van der Waals surface area (Å²) in [5, 5.41) is 0. The van der Waals surface area contributed by atoms with E-state index in [-0.39, 0.29) is 5.97 Å². The molecule has 1 aliphatic rings. The van der Waals surface area contributed by atoms with Gasteiger partial charge in [0.05, 0.1) is 6.61 Å². The minimum atomic E-state index is -0.263. The second kappa shape index (κ2) is 7.45. The van der Waals surface area contributed by atoms with Gasteiger partial charge in [0.25, 0.3) is 0 Å². The van der Waals surface area contributed by atoms with Crippen molar-refractivity contribution in [2.24, 2.45) is 5.73 Å². The summed E-state index contributed by atoms with van der Waals surface area (Å²) in [5.74, 6) is -0.263. The molecule has 1 rings (SSSR count). The van der Waals surface area contributed by atoms with E-state index in [2.05, 4.69) is 11.8 Å². The van der Waals surface area contributed by atoms with Gasteiger partial charge in [-0.3, -0.25) is 4.90 Å². The highest BCUT2D eigenvalue weighted by Crippen LogP contribution is 2.21. The third-order valence-electron chi connectivity index (χ3n) is 3.32. The van der Waals surface area contributed by atoms with Crippen LogP contribution in [-0.4, -0.2) is 42.6 Å². The zero-order chi connectivity index (χ0) is 12.7. The highest BCUT2D eigenvalue weighted by atomic mass is 16.5. The average molecular weight is 240 g/mol. The Bertz CT molecular complexity index is 266. The van der Waals surface area contributed by atoms with E-state index < -0.39 is 0 Å². The first-order valence-electron chi connectivity index (χ1n) is 6.48. The van der Waals surface area contributed by atoms with Crippen molar-refractivity contribution in [3.8, 4) is 0 Å². The van der Waals surface area contributed by atoms with Crippen molar-refractivity contribution in [1.29, 1.82) is 0 Å². The molecule has 0 bridgehead atoms. The molecule has 0 aromatic rings. The quantitative estimate of drug-likeness (QED) is 0.581. The van der Waals surface area contributed by atoms with Gasteiger partial charge in [-0.15, -0.1) is 0 Å². The molecule has 0 saturated carbocycles. The highest BCUT2D eigenvalue weighted by molar-refractivity contribution is 5.81. The zero-order valence-electron chi connectivity index (χ0n) is 10.9. The van der Waals surface area contributed by atoms with E-state index in [0.717, 1.165) is 13.0 Å². The molecule has 0 aromatic carbocycles. The number of likely N-dealkylation sites (tertiary alicyclic amines) is 1. The van der Waals surface area contributed by atoms with Crippen molar-refractivity contribution in [1.82, 2.24) is 4.90 Å². The maximum absolute atomic E-state index is 11.2. The third kappa shape index (κ3) is 4.48. The molecule has 0 amide bonds. The summed E-state index contributed by atoms with van der Waals surface area (Å²) in [4.78, 5) is 13.5. The number of hydrogen-bond donors (Lipinski definition) is 1. The van der Waals surface area contributed by atoms with Gasteiger partial charge in [-0.2, -0.15) is 0 Å². The van der Waals surface area contributed by atoms with Crippen LogP contribution >= 0.6 is 0 Å². The van der Waals surface area contributed by atoms with Crippen LogP contribution in [0.4, 0.5) is 0 Å². The first kappa shape index (κ1) is 14.2. The molecule has 2 N–H and O–H groups in total. The van der Waals surface area contributed by atoms with E-state index in [1.54, 1.807) is 0 Å². The molecule has 2 unspecified atom stereocenters. The number of hydrogen-bond acceptors (Lipinski definition) is 4. The predicted octanol–water partition coefficient (Wildman–Crippen LogP) is 1.31. The summed E-state index contributed by atoms with van der Waals surface area (Å²) in [5.41, 5.74) is 5.78. The molecule has 98 valence electrons. The van der Waals surface area contributed by atoms with Crippen LogP contribution in [0.1, 0.15) is 33.1 Å². The summed E-state index contributed by atoms with van der Waals surface area (Å²) < 4.78 is 4.84. The maximum atomic E-state index is 11.2. The molecule has 4 nitrogen and oxygen atoms in total. The van der Waals surface area contributed by atoms with E-state index in [1.165, 1.54) is 18.9 Å². The van der Waals surface area contributed by atoms with Gasteiger partial charge in [0.2, 0.25) is 0 Å². The van der Waals surface area contributed by atoms with Crippen LogP contribution < -0.4 is 5.73 Å². The molecule has 1 aliphatic heterocycles. The van der Waals surface area contributed by atoms with E-state index >= 15 is 0 Å². The van der Waals surface area contributed by atoms with Crippen LogP contribution in [-0.2, 0) is 9.53 Å². The largest absolute Gasteiger partial charge is 0.463 e. The monoisotopic (exact) mass is 240 g/mol. The number of esters is 1. The van der Waals surface area contributed by atoms with Crippen molar-refractivity contribution < 1.29 is 9.53 Å². The van der Waals surface area contributed by atoms with Crippen molar-refractivity contribution in [3.63, 3.8) is 0 Å². The van der Waals surface area contributed by atoms with Crippen LogP contribution in [0, 0.1) is 0 Å². The van der Waals surface area contributed by atoms with Crippen LogP contribution in [0.3, 0.4) is 0 Å². The van der Waals surface area contributed by atoms with Crippen LogP contribution in [0.5, 0.6) is 0 Å². The Labute approximate surface area is 104 Å². The van der Waals surface area contributed by atoms with Gasteiger partial charge in [-0.1, -0.05) is 12.5 Å². The third-order valence-corrected chi connectivity index (χ3v) is 3.32. The van der Waals surface area contributed by atoms with Crippen molar-refractivity contribution in [3.05, 3.63) is 12.2 Å². The molecule has 4 heteroatoms. The number of nitrogens with zero attached hydrogens (tertiary/aromatic N) is 1. The second-order valence-corrected chi connectivity index (χ2v) is 4.52. The molecule has 1 fully saturated rings. The lowest BCUT2D eigenvalue weighted by Gasteiger charge is -2.39. The highest BCUT2D eigenvalue weighted by Gasteiger charge is 2.25. The number of rotatable bonds is 5. The van der Waals surface area contributed by atoms with E-state index in [1.807, 2.05) is 13.0 Å². The molecule has 0 aliphatic carbocycles. The Morgan fingerprint density at radius 3 is 2.94 bits per heavy atom. The number of ether oxygens (including phenoxy) is 1. The minimum Gasteiger partial charge on any atom is -0.463 e. The molecule has 17 heavy (non-hydrogen) atoms. The summed E-state index contributed by atoms with van der Waals surface area (Å²) in [7, 11) is 0. The smallest absolute Gasteiger partial charge is 0.330 e. The van der Waals surface area contributed by atoms with Crippen LogP contribution in [0.25, 0.3) is 0 Å². The molecule has 0 aromatic heterocycles. The molecule has 1 saturated heterocycles. The summed E-state index contributed by atoms with van der Waals surface area (Å²) >= 11 is 0. The van der Waals surface area contributed by atoms with Gasteiger partial charge in [-0.05, 0) is 26.7 Å². The fourth-order valence-electron chi connectivity index (χ4n) is 2.38. The lowest BCUT2D eigenvalue weighted by atomic mass is 9.96. The summed E-state index contributed by atoms with van der Waals surface area (Å²) in [6.45, 7) is 5.93. The van der Waals surface area contributed by atoms with Gasteiger partial charge in [0.15, 0.2) is 0 Å². The van der Waals surface area contributed by atoms with Gasteiger partial charge < -0.3 is 10.5 Å². The Balaban J connectivity index is 2.44. The number of nitrogens with two attached hydrogens (primary N) is 1. The molecular formula is C13H24N2O2. The SMILES string of the molecule is CCOC(=O)/C=C/CN1C(C)CCCC1CN. The second-order valence-electron chi connectivity index (χ2n) is 4.52. The van der Waals surface area contributed by atoms with E-state index in [0.29, 0.717) is 25.2 Å². The summed E-state index contributed by atoms with van der Waals surface area (Å²) in [6.07, 6.45) is 7.01.